The number of anilines is 2. The van der Waals surface area contributed by atoms with Crippen molar-refractivity contribution in [3.05, 3.63) is 0 Å². The van der Waals surface area contributed by atoms with E-state index in [9.17, 15) is 0 Å². The van der Waals surface area contributed by atoms with E-state index >= 15 is 0 Å². The van der Waals surface area contributed by atoms with Crippen molar-refractivity contribution < 1.29 is 4.74 Å². The second-order valence-electron chi connectivity index (χ2n) is 5.79. The van der Waals surface area contributed by atoms with Crippen molar-refractivity contribution in [2.24, 2.45) is 5.92 Å². The van der Waals surface area contributed by atoms with Crippen LogP contribution < -0.4 is 15.0 Å². The third-order valence-electron chi connectivity index (χ3n) is 3.77. The molecule has 118 valence electrons. The van der Waals surface area contributed by atoms with Gasteiger partial charge in [-0.05, 0) is 39.0 Å². The molecule has 2 atom stereocenters. The molecule has 2 rings (SSSR count). The van der Waals surface area contributed by atoms with Crippen LogP contribution in [0.1, 0.15) is 47.0 Å². The first-order chi connectivity index (χ1) is 10.1. The molecule has 1 fully saturated rings. The van der Waals surface area contributed by atoms with E-state index in [4.69, 9.17) is 4.74 Å². The number of nitrogens with zero attached hydrogens (tertiary/aromatic N) is 4. The van der Waals surface area contributed by atoms with Crippen LogP contribution in [0.2, 0.25) is 0 Å². The molecule has 6 nitrogen and oxygen atoms in total. The van der Waals surface area contributed by atoms with Gasteiger partial charge in [0.25, 0.3) is 0 Å². The Bertz CT molecular complexity index is 454. The summed E-state index contributed by atoms with van der Waals surface area (Å²) in [7, 11) is 0. The molecule has 1 aliphatic heterocycles. The average Bonchev–Trinajstić information content (AvgIpc) is 2.45. The molecule has 1 saturated heterocycles. The Kier molecular flexibility index (Phi) is 5.59. The maximum Gasteiger partial charge on any atom is 0.323 e. The summed E-state index contributed by atoms with van der Waals surface area (Å²) in [6.07, 6.45) is 3.29. The molecule has 0 amide bonds. The average molecular weight is 293 g/mol. The van der Waals surface area contributed by atoms with Crippen LogP contribution in [0.25, 0.3) is 0 Å². The van der Waals surface area contributed by atoms with Crippen molar-refractivity contribution in [2.45, 2.75) is 53.0 Å². The monoisotopic (exact) mass is 293 g/mol. The topological polar surface area (TPSA) is 63.2 Å². The second-order valence-corrected chi connectivity index (χ2v) is 5.79. The molecule has 1 N–H and O–H groups in total. The maximum absolute atomic E-state index is 5.60. The van der Waals surface area contributed by atoms with Gasteiger partial charge >= 0.3 is 6.01 Å². The van der Waals surface area contributed by atoms with E-state index in [-0.39, 0.29) is 0 Å². The summed E-state index contributed by atoms with van der Waals surface area (Å²) in [5.41, 5.74) is 0. The number of hydrogen-bond acceptors (Lipinski definition) is 6. The van der Waals surface area contributed by atoms with Gasteiger partial charge < -0.3 is 15.0 Å². The Balaban J connectivity index is 2.21. The molecule has 0 bridgehead atoms. The minimum atomic E-state index is 0.420. The van der Waals surface area contributed by atoms with Gasteiger partial charge in [0.2, 0.25) is 11.9 Å². The van der Waals surface area contributed by atoms with E-state index in [0.29, 0.717) is 24.6 Å². The van der Waals surface area contributed by atoms with E-state index in [1.807, 2.05) is 6.92 Å². The zero-order valence-electron chi connectivity index (χ0n) is 13.6. The van der Waals surface area contributed by atoms with Gasteiger partial charge in [0.15, 0.2) is 0 Å². The predicted molar refractivity (Wildman–Crippen MR) is 85.0 cm³/mol. The van der Waals surface area contributed by atoms with Gasteiger partial charge in [-0.15, -0.1) is 0 Å². The van der Waals surface area contributed by atoms with Crippen LogP contribution in [-0.4, -0.2) is 40.7 Å². The molecular formula is C15H27N5O. The van der Waals surface area contributed by atoms with Crippen LogP contribution in [0, 0.1) is 5.92 Å². The van der Waals surface area contributed by atoms with Crippen LogP contribution in [-0.2, 0) is 0 Å². The normalized spacial score (nSPS) is 22.2. The second kappa shape index (κ2) is 7.43. The summed E-state index contributed by atoms with van der Waals surface area (Å²) in [5.74, 6) is 2.09. The van der Waals surface area contributed by atoms with E-state index in [1.54, 1.807) is 0 Å². The number of piperidine rings is 1. The van der Waals surface area contributed by atoms with Crippen molar-refractivity contribution in [1.29, 1.82) is 0 Å². The molecule has 0 radical (unpaired) electrons. The van der Waals surface area contributed by atoms with E-state index in [1.165, 1.54) is 12.8 Å². The lowest BCUT2D eigenvalue weighted by molar-refractivity contribution is 0.290. The summed E-state index contributed by atoms with van der Waals surface area (Å²) in [6.45, 7) is 11.0. The highest BCUT2D eigenvalue weighted by atomic mass is 16.5. The van der Waals surface area contributed by atoms with Crippen LogP contribution in [0.3, 0.4) is 0 Å². The summed E-state index contributed by atoms with van der Waals surface area (Å²) in [5, 5.41) is 3.16. The number of hydrogen-bond donors (Lipinski definition) is 1. The van der Waals surface area contributed by atoms with Crippen LogP contribution >= 0.6 is 0 Å². The number of rotatable bonds is 6. The standard InChI is InChI=1S/C15H27N5O/c1-5-9-21-15-18-13(16-6-2)17-14(19-15)20-8-7-11(3)10-12(20)4/h11-12H,5-10H2,1-4H3,(H,16,17,18,19). The first kappa shape index (κ1) is 15.8. The quantitative estimate of drug-likeness (QED) is 0.870. The zero-order valence-corrected chi connectivity index (χ0v) is 13.6. The molecule has 1 aromatic heterocycles. The van der Waals surface area contributed by atoms with Crippen molar-refractivity contribution in [1.82, 2.24) is 15.0 Å². The van der Waals surface area contributed by atoms with Crippen molar-refractivity contribution in [3.63, 3.8) is 0 Å². The first-order valence-corrected chi connectivity index (χ1v) is 8.03. The molecule has 0 aromatic carbocycles. The van der Waals surface area contributed by atoms with Gasteiger partial charge in [0, 0.05) is 19.1 Å². The fourth-order valence-corrected chi connectivity index (χ4v) is 2.67. The summed E-state index contributed by atoms with van der Waals surface area (Å²) in [6, 6.07) is 0.869. The Labute approximate surface area is 127 Å². The van der Waals surface area contributed by atoms with E-state index < -0.39 is 0 Å². The minimum Gasteiger partial charge on any atom is -0.463 e. The molecular weight excluding hydrogens is 266 g/mol. The third kappa shape index (κ3) is 4.19. The highest BCUT2D eigenvalue weighted by Crippen LogP contribution is 2.26. The van der Waals surface area contributed by atoms with Crippen molar-refractivity contribution in [3.8, 4) is 6.01 Å². The molecule has 2 unspecified atom stereocenters. The molecule has 21 heavy (non-hydrogen) atoms. The zero-order chi connectivity index (χ0) is 15.2. The van der Waals surface area contributed by atoms with Crippen LogP contribution in [0.15, 0.2) is 0 Å². The van der Waals surface area contributed by atoms with Crippen LogP contribution in [0.4, 0.5) is 11.9 Å². The predicted octanol–water partition coefficient (Wildman–Crippen LogP) is 2.72. The van der Waals surface area contributed by atoms with Gasteiger partial charge in [-0.25, -0.2) is 0 Å². The number of ether oxygens (including phenoxy) is 1. The molecule has 1 aliphatic rings. The van der Waals surface area contributed by atoms with Crippen LogP contribution in [0.5, 0.6) is 6.01 Å². The Hall–Kier alpha value is -1.59. The number of aromatic nitrogens is 3. The Morgan fingerprint density at radius 1 is 1.24 bits per heavy atom. The molecule has 0 spiro atoms. The SMILES string of the molecule is CCCOc1nc(NCC)nc(N2CCC(C)CC2C)n1. The maximum atomic E-state index is 5.60. The first-order valence-electron chi connectivity index (χ1n) is 8.03. The lowest BCUT2D eigenvalue weighted by atomic mass is 9.94. The van der Waals surface area contributed by atoms with E-state index in [0.717, 1.165) is 31.4 Å². The van der Waals surface area contributed by atoms with Gasteiger partial charge in [-0.3, -0.25) is 0 Å². The van der Waals surface area contributed by atoms with Gasteiger partial charge in [-0.1, -0.05) is 13.8 Å². The van der Waals surface area contributed by atoms with Gasteiger partial charge in [0.05, 0.1) is 6.61 Å². The molecule has 1 aromatic rings. The minimum absolute atomic E-state index is 0.420. The Morgan fingerprint density at radius 2 is 2.05 bits per heavy atom. The molecule has 0 saturated carbocycles. The van der Waals surface area contributed by atoms with Gasteiger partial charge in [0.1, 0.15) is 0 Å². The fraction of sp³-hybridized carbons (Fsp3) is 0.800. The van der Waals surface area contributed by atoms with Crippen molar-refractivity contribution in [2.75, 3.05) is 29.9 Å². The lowest BCUT2D eigenvalue weighted by Crippen LogP contribution is -2.41. The Morgan fingerprint density at radius 3 is 2.71 bits per heavy atom. The van der Waals surface area contributed by atoms with Gasteiger partial charge in [-0.2, -0.15) is 15.0 Å². The fourth-order valence-electron chi connectivity index (χ4n) is 2.67. The smallest absolute Gasteiger partial charge is 0.323 e. The summed E-state index contributed by atoms with van der Waals surface area (Å²) < 4.78 is 5.60. The van der Waals surface area contributed by atoms with Crippen molar-refractivity contribution >= 4 is 11.9 Å². The molecule has 0 aliphatic carbocycles. The highest BCUT2D eigenvalue weighted by Gasteiger charge is 2.26. The molecule has 2 heterocycles. The molecule has 6 heteroatoms. The number of nitrogens with one attached hydrogen (secondary N) is 1. The third-order valence-corrected chi connectivity index (χ3v) is 3.77. The summed E-state index contributed by atoms with van der Waals surface area (Å²) in [4.78, 5) is 15.6. The highest BCUT2D eigenvalue weighted by molar-refractivity contribution is 5.39. The lowest BCUT2D eigenvalue weighted by Gasteiger charge is -2.36. The summed E-state index contributed by atoms with van der Waals surface area (Å²) >= 11 is 0. The van der Waals surface area contributed by atoms with E-state index in [2.05, 4.69) is 45.9 Å². The largest absolute Gasteiger partial charge is 0.463 e.